The maximum absolute atomic E-state index is 14.0. The molecular formula is C19H21FN4. The number of benzene rings is 1. The van der Waals surface area contributed by atoms with Crippen molar-refractivity contribution in [3.63, 3.8) is 0 Å². The van der Waals surface area contributed by atoms with Gasteiger partial charge in [0.1, 0.15) is 17.2 Å². The zero-order valence-corrected chi connectivity index (χ0v) is 13.8. The van der Waals surface area contributed by atoms with Crippen LogP contribution < -0.4 is 0 Å². The molecule has 3 aromatic rings. The summed E-state index contributed by atoms with van der Waals surface area (Å²) >= 11 is 0. The Kier molecular flexibility index (Phi) is 4.02. The Labute approximate surface area is 141 Å². The van der Waals surface area contributed by atoms with Crippen molar-refractivity contribution in [3.05, 3.63) is 59.8 Å². The topological polar surface area (TPSA) is 34.0 Å². The van der Waals surface area contributed by atoms with Crippen LogP contribution in [0.4, 0.5) is 4.39 Å². The Hall–Kier alpha value is -2.27. The summed E-state index contributed by atoms with van der Waals surface area (Å²) in [6.45, 7) is 2.75. The molecule has 124 valence electrons. The van der Waals surface area contributed by atoms with Crippen LogP contribution in [0.5, 0.6) is 0 Å². The van der Waals surface area contributed by atoms with Gasteiger partial charge in [0.25, 0.3) is 0 Å². The van der Waals surface area contributed by atoms with Crippen molar-refractivity contribution in [2.75, 3.05) is 13.1 Å². The van der Waals surface area contributed by atoms with E-state index in [1.54, 1.807) is 18.3 Å². The molecule has 0 aliphatic carbocycles. The Bertz CT molecular complexity index is 849. The van der Waals surface area contributed by atoms with Gasteiger partial charge in [0.15, 0.2) is 5.65 Å². The van der Waals surface area contributed by atoms with Gasteiger partial charge in [-0.2, -0.15) is 0 Å². The number of hydrogen-bond acceptors (Lipinski definition) is 3. The van der Waals surface area contributed by atoms with Crippen molar-refractivity contribution in [1.29, 1.82) is 0 Å². The van der Waals surface area contributed by atoms with Crippen LogP contribution >= 0.6 is 0 Å². The van der Waals surface area contributed by atoms with Gasteiger partial charge in [0.2, 0.25) is 0 Å². The molecule has 0 spiro atoms. The lowest BCUT2D eigenvalue weighted by Crippen LogP contribution is -2.33. The van der Waals surface area contributed by atoms with Crippen molar-refractivity contribution in [3.8, 4) is 0 Å². The summed E-state index contributed by atoms with van der Waals surface area (Å²) in [7, 11) is 2.02. The second kappa shape index (κ2) is 6.32. The van der Waals surface area contributed by atoms with Crippen molar-refractivity contribution in [2.45, 2.75) is 25.3 Å². The third kappa shape index (κ3) is 2.80. The summed E-state index contributed by atoms with van der Waals surface area (Å²) in [5.41, 5.74) is 2.73. The molecule has 0 atom stereocenters. The normalized spacial score (nSPS) is 16.8. The Morgan fingerprint density at radius 3 is 2.67 bits per heavy atom. The van der Waals surface area contributed by atoms with E-state index >= 15 is 0 Å². The molecule has 0 unspecified atom stereocenters. The number of rotatable bonds is 3. The fourth-order valence-corrected chi connectivity index (χ4v) is 3.62. The highest BCUT2D eigenvalue weighted by atomic mass is 19.1. The fourth-order valence-electron chi connectivity index (χ4n) is 3.62. The van der Waals surface area contributed by atoms with E-state index in [0.717, 1.165) is 55.0 Å². The van der Waals surface area contributed by atoms with Crippen LogP contribution in [0.15, 0.2) is 42.6 Å². The number of hydrogen-bond donors (Lipinski definition) is 0. The average molecular weight is 324 g/mol. The van der Waals surface area contributed by atoms with E-state index in [-0.39, 0.29) is 5.82 Å². The molecule has 1 aromatic carbocycles. The predicted molar refractivity (Wildman–Crippen MR) is 92.2 cm³/mol. The van der Waals surface area contributed by atoms with E-state index in [1.807, 2.05) is 31.3 Å². The first-order chi connectivity index (χ1) is 11.7. The van der Waals surface area contributed by atoms with Crippen LogP contribution in [-0.4, -0.2) is 32.5 Å². The number of aryl methyl sites for hydroxylation is 1. The molecule has 1 fully saturated rings. The van der Waals surface area contributed by atoms with Crippen LogP contribution in [-0.2, 0) is 13.6 Å². The van der Waals surface area contributed by atoms with Gasteiger partial charge in [0.05, 0.1) is 6.54 Å². The van der Waals surface area contributed by atoms with Crippen molar-refractivity contribution >= 4 is 11.2 Å². The van der Waals surface area contributed by atoms with Gasteiger partial charge in [-0.15, -0.1) is 0 Å². The molecule has 0 N–H and O–H groups in total. The third-order valence-electron chi connectivity index (χ3n) is 5.02. The lowest BCUT2D eigenvalue weighted by molar-refractivity contribution is 0.197. The fraction of sp³-hybridized carbons (Fsp3) is 0.368. The zero-order chi connectivity index (χ0) is 16.5. The minimum Gasteiger partial charge on any atom is -0.315 e. The molecule has 4 rings (SSSR count). The first-order valence-corrected chi connectivity index (χ1v) is 8.45. The molecule has 1 aliphatic heterocycles. The molecular weight excluding hydrogens is 303 g/mol. The van der Waals surface area contributed by atoms with Gasteiger partial charge >= 0.3 is 0 Å². The highest BCUT2D eigenvalue weighted by molar-refractivity contribution is 5.70. The first-order valence-electron chi connectivity index (χ1n) is 8.45. The largest absolute Gasteiger partial charge is 0.315 e. The number of fused-ring (bicyclic) bond motifs is 1. The zero-order valence-electron chi connectivity index (χ0n) is 13.8. The molecule has 1 aliphatic rings. The predicted octanol–water partition coefficient (Wildman–Crippen LogP) is 3.49. The van der Waals surface area contributed by atoms with Crippen molar-refractivity contribution < 1.29 is 4.39 Å². The van der Waals surface area contributed by atoms with E-state index in [1.165, 1.54) is 0 Å². The number of nitrogens with zero attached hydrogens (tertiary/aromatic N) is 4. The lowest BCUT2D eigenvalue weighted by Gasteiger charge is -2.32. The van der Waals surface area contributed by atoms with Crippen LogP contribution in [0.1, 0.15) is 30.1 Å². The van der Waals surface area contributed by atoms with Gasteiger partial charge in [0, 0.05) is 13.2 Å². The number of piperidine rings is 1. The van der Waals surface area contributed by atoms with Crippen molar-refractivity contribution in [1.82, 2.24) is 19.4 Å². The number of aromatic nitrogens is 3. The highest BCUT2D eigenvalue weighted by Gasteiger charge is 2.23. The molecule has 0 amide bonds. The molecule has 1 saturated heterocycles. The molecule has 4 nitrogen and oxygen atoms in total. The highest BCUT2D eigenvalue weighted by Crippen LogP contribution is 2.30. The van der Waals surface area contributed by atoms with E-state index in [4.69, 9.17) is 4.98 Å². The van der Waals surface area contributed by atoms with Crippen molar-refractivity contribution in [2.24, 2.45) is 7.05 Å². The first kappa shape index (κ1) is 15.3. The summed E-state index contributed by atoms with van der Waals surface area (Å²) in [4.78, 5) is 11.5. The van der Waals surface area contributed by atoms with Gasteiger partial charge in [-0.1, -0.05) is 18.2 Å². The summed E-state index contributed by atoms with van der Waals surface area (Å²) in [5.74, 6) is 1.29. The maximum Gasteiger partial charge on any atom is 0.159 e. The summed E-state index contributed by atoms with van der Waals surface area (Å²) in [6, 6.07) is 11.1. The van der Waals surface area contributed by atoms with Gasteiger partial charge < -0.3 is 4.57 Å². The Morgan fingerprint density at radius 2 is 1.92 bits per heavy atom. The molecule has 2 aromatic heterocycles. The van der Waals surface area contributed by atoms with Crippen LogP contribution in [0, 0.1) is 5.82 Å². The Morgan fingerprint density at radius 1 is 1.12 bits per heavy atom. The van der Waals surface area contributed by atoms with Gasteiger partial charge in [-0.05, 0) is 55.6 Å². The van der Waals surface area contributed by atoms with Crippen LogP contribution in [0.2, 0.25) is 0 Å². The minimum absolute atomic E-state index is 0.0719. The summed E-state index contributed by atoms with van der Waals surface area (Å²) in [6.07, 6.45) is 3.78. The van der Waals surface area contributed by atoms with E-state index in [0.29, 0.717) is 5.92 Å². The molecule has 5 heteroatoms. The maximum atomic E-state index is 14.0. The monoisotopic (exact) mass is 324 g/mol. The number of pyridine rings is 1. The number of likely N-dealkylation sites (tertiary alicyclic amines) is 1. The third-order valence-corrected chi connectivity index (χ3v) is 5.02. The molecule has 24 heavy (non-hydrogen) atoms. The summed E-state index contributed by atoms with van der Waals surface area (Å²) < 4.78 is 16.0. The van der Waals surface area contributed by atoms with E-state index < -0.39 is 0 Å². The molecule has 0 radical (unpaired) electrons. The second-order valence-corrected chi connectivity index (χ2v) is 6.51. The SMILES string of the molecule is Cn1c(CN2CCC(c3ccccc3F)CC2)nc2cccnc21. The second-order valence-electron chi connectivity index (χ2n) is 6.51. The molecule has 3 heterocycles. The quantitative estimate of drug-likeness (QED) is 0.739. The number of halogens is 1. The standard InChI is InChI=1S/C19H21FN4/c1-23-18(22-17-7-4-10-21-19(17)23)13-24-11-8-14(9-12-24)15-5-2-3-6-16(15)20/h2-7,10,14H,8-9,11-13H2,1H3. The number of imidazole rings is 1. The smallest absolute Gasteiger partial charge is 0.159 e. The van der Waals surface area contributed by atoms with Gasteiger partial charge in [-0.25, -0.2) is 14.4 Å². The van der Waals surface area contributed by atoms with Crippen LogP contribution in [0.25, 0.3) is 11.2 Å². The summed E-state index contributed by atoms with van der Waals surface area (Å²) in [5, 5.41) is 0. The average Bonchev–Trinajstić information content (AvgIpc) is 2.93. The minimum atomic E-state index is -0.0719. The van der Waals surface area contributed by atoms with Gasteiger partial charge in [-0.3, -0.25) is 4.90 Å². The van der Waals surface area contributed by atoms with Crippen LogP contribution in [0.3, 0.4) is 0 Å². The molecule has 0 bridgehead atoms. The Balaban J connectivity index is 1.44. The molecule has 0 saturated carbocycles. The van der Waals surface area contributed by atoms with E-state index in [2.05, 4.69) is 14.5 Å². The lowest BCUT2D eigenvalue weighted by atomic mass is 9.89. The van der Waals surface area contributed by atoms with E-state index in [9.17, 15) is 4.39 Å².